The molecule has 0 N–H and O–H groups in total. The van der Waals surface area contributed by atoms with Crippen molar-refractivity contribution in [1.82, 2.24) is 0 Å². The zero-order valence-corrected chi connectivity index (χ0v) is 6.40. The Morgan fingerprint density at radius 2 is 2.25 bits per heavy atom. The molecule has 0 aromatic carbocycles. The lowest BCUT2D eigenvalue weighted by molar-refractivity contribution is 2.36. The van der Waals surface area contributed by atoms with Crippen molar-refractivity contribution in [2.24, 2.45) is 0 Å². The van der Waals surface area contributed by atoms with Gasteiger partial charge in [0, 0.05) is 0 Å². The fourth-order valence-corrected chi connectivity index (χ4v) is 0. The molecule has 3 heteroatoms. The average Bonchev–Trinajstić information content (AvgIpc) is 0.811. The molecule has 0 aliphatic carbocycles. The quantitative estimate of drug-likeness (QED) is 0.322. The zero-order chi connectivity index (χ0) is 3.58. The van der Waals surface area contributed by atoms with Crippen LogP contribution in [0, 0.1) is 0 Å². The van der Waals surface area contributed by atoms with Gasteiger partial charge in [0.2, 0.25) is 5.60 Å². The van der Waals surface area contributed by atoms with Crippen molar-refractivity contribution in [2.75, 3.05) is 0 Å². The van der Waals surface area contributed by atoms with Crippen LogP contribution in [0.2, 0.25) is 6.55 Å². The highest BCUT2D eigenvalue weighted by Crippen LogP contribution is 1.94. The van der Waals surface area contributed by atoms with Gasteiger partial charge in [0.1, 0.15) is 0 Å². The fourth-order valence-electron chi connectivity index (χ4n) is 0. The van der Waals surface area contributed by atoms with Crippen LogP contribution < -0.4 is 0 Å². The number of hydrogen-bond donors (Lipinski definition) is 0. The summed E-state index contributed by atoms with van der Waals surface area (Å²) in [4.78, 5) is 0. The van der Waals surface area contributed by atoms with E-state index in [0.29, 0.717) is 0 Å². The SMILES string of the molecule is C[SiH](Cl)I.[H+]. The van der Waals surface area contributed by atoms with Crippen LogP contribution in [0.1, 0.15) is 1.43 Å². The Morgan fingerprint density at radius 3 is 2.25 bits per heavy atom. The lowest BCUT2D eigenvalue weighted by Gasteiger charge is -1.69. The summed E-state index contributed by atoms with van der Waals surface area (Å²) in [5, 5.41) is 0. The van der Waals surface area contributed by atoms with Crippen LogP contribution in [0.25, 0.3) is 0 Å². The summed E-state index contributed by atoms with van der Waals surface area (Å²) in [6.07, 6.45) is 0. The zero-order valence-electron chi connectivity index (χ0n) is 3.33. The van der Waals surface area contributed by atoms with Crippen molar-refractivity contribution < 1.29 is 1.43 Å². The molecule has 0 aromatic heterocycles. The molecule has 0 rings (SSSR count). The van der Waals surface area contributed by atoms with Gasteiger partial charge in [-0.25, -0.2) is 0 Å². The predicted octanol–water partition coefficient (Wildman–Crippen LogP) is 1.62. The first kappa shape index (κ1) is 5.24. The molecular formula is CH5ClISi+. The van der Waals surface area contributed by atoms with Crippen LogP contribution in [0.3, 0.4) is 0 Å². The van der Waals surface area contributed by atoms with Gasteiger partial charge >= 0.3 is 1.43 Å². The first-order chi connectivity index (χ1) is 1.73. The molecule has 0 amide bonds. The summed E-state index contributed by atoms with van der Waals surface area (Å²) in [5.41, 5.74) is -0.697. The summed E-state index contributed by atoms with van der Waals surface area (Å²) in [6, 6.07) is 0. The Morgan fingerprint density at radius 1 is 2.25 bits per heavy atom. The molecule has 0 aliphatic rings. The molecule has 4 heavy (non-hydrogen) atoms. The van der Waals surface area contributed by atoms with E-state index in [9.17, 15) is 0 Å². The van der Waals surface area contributed by atoms with Gasteiger partial charge in [-0.05, 0) is 6.55 Å². The molecule has 0 aliphatic heterocycles. The Labute approximate surface area is 46.5 Å². The second-order valence-electron chi connectivity index (χ2n) is 0.519. The van der Waals surface area contributed by atoms with Gasteiger partial charge in [-0.2, -0.15) is 11.1 Å². The molecule has 1 atom stereocenters. The standard InChI is InChI=1S/CH4ClISi/c1-4(2)3/h4H,1H3/p+1. The molecule has 0 spiro atoms. The molecule has 0 fully saturated rings. The molecule has 0 aromatic rings. The second kappa shape index (κ2) is 2.47. The van der Waals surface area contributed by atoms with Crippen LogP contribution in [-0.2, 0) is 0 Å². The third kappa shape index (κ3) is 10.6. The third-order valence-corrected chi connectivity index (χ3v) is 0. The minimum absolute atomic E-state index is 0. The van der Waals surface area contributed by atoms with Crippen molar-refractivity contribution in [3.63, 3.8) is 0 Å². The maximum absolute atomic E-state index is 5.40. The van der Waals surface area contributed by atoms with Gasteiger partial charge < -0.3 is 0 Å². The number of halogens is 2. The van der Waals surface area contributed by atoms with Crippen LogP contribution in [-0.4, -0.2) is 5.60 Å². The molecular weight excluding hydrogens is 202 g/mol. The maximum atomic E-state index is 5.40. The van der Waals surface area contributed by atoms with Gasteiger partial charge in [-0.1, -0.05) is 0 Å². The largest absolute Gasteiger partial charge is 1.00 e. The van der Waals surface area contributed by atoms with Crippen molar-refractivity contribution in [2.45, 2.75) is 6.55 Å². The van der Waals surface area contributed by atoms with Gasteiger partial charge in [-0.15, -0.1) is 21.8 Å². The molecule has 0 saturated carbocycles. The van der Waals surface area contributed by atoms with E-state index in [0.717, 1.165) is 0 Å². The summed E-state index contributed by atoms with van der Waals surface area (Å²) in [6.45, 7) is 2.06. The van der Waals surface area contributed by atoms with Gasteiger partial charge in [0.25, 0.3) is 0 Å². The Balaban J connectivity index is 0. The van der Waals surface area contributed by atoms with Crippen LogP contribution in [0.15, 0.2) is 0 Å². The smallest absolute Gasteiger partial charge is 0.158 e. The second-order valence-corrected chi connectivity index (χ2v) is 11.3. The van der Waals surface area contributed by atoms with Crippen molar-refractivity contribution >= 4 is 38.5 Å². The van der Waals surface area contributed by atoms with Crippen LogP contribution >= 0.6 is 32.9 Å². The minimum atomic E-state index is -0.697. The first-order valence-electron chi connectivity index (χ1n) is 1.01. The van der Waals surface area contributed by atoms with E-state index in [1.165, 1.54) is 0 Å². The lowest BCUT2D eigenvalue weighted by Crippen LogP contribution is -1.70. The fraction of sp³-hybridized carbons (Fsp3) is 1.00. The highest BCUT2D eigenvalue weighted by molar-refractivity contribution is 14.1. The van der Waals surface area contributed by atoms with Gasteiger partial charge in [0.15, 0.2) is 0 Å². The summed E-state index contributed by atoms with van der Waals surface area (Å²) >= 11 is 7.65. The van der Waals surface area contributed by atoms with E-state index >= 15 is 0 Å². The van der Waals surface area contributed by atoms with E-state index in [4.69, 9.17) is 11.1 Å². The topological polar surface area (TPSA) is 0 Å². The van der Waals surface area contributed by atoms with E-state index in [1.807, 2.05) is 0 Å². The lowest BCUT2D eigenvalue weighted by atomic mass is 11.9. The summed E-state index contributed by atoms with van der Waals surface area (Å²) in [5.74, 6) is 0. The molecule has 0 radical (unpaired) electrons. The van der Waals surface area contributed by atoms with Crippen LogP contribution in [0.5, 0.6) is 0 Å². The average molecular weight is 207 g/mol. The van der Waals surface area contributed by atoms with Crippen molar-refractivity contribution in [1.29, 1.82) is 0 Å². The maximum Gasteiger partial charge on any atom is 1.00 e. The van der Waals surface area contributed by atoms with E-state index in [2.05, 4.69) is 28.3 Å². The highest BCUT2D eigenvalue weighted by Gasteiger charge is 1.79. The molecule has 0 nitrogen and oxygen atoms in total. The Kier molecular flexibility index (Phi) is 3.24. The van der Waals surface area contributed by atoms with E-state index in [1.54, 1.807) is 0 Å². The predicted molar refractivity (Wildman–Crippen MR) is 34.0 cm³/mol. The monoisotopic (exact) mass is 207 g/mol. The van der Waals surface area contributed by atoms with E-state index < -0.39 is 5.60 Å². The summed E-state index contributed by atoms with van der Waals surface area (Å²) < 4.78 is 0. The normalized spacial score (nSPS) is 15.8. The Bertz CT molecular complexity index is 16.4. The van der Waals surface area contributed by atoms with Crippen LogP contribution in [0.4, 0.5) is 0 Å². The molecule has 0 bridgehead atoms. The van der Waals surface area contributed by atoms with Crippen molar-refractivity contribution in [3.8, 4) is 0 Å². The molecule has 1 unspecified atom stereocenters. The molecule has 0 saturated heterocycles. The van der Waals surface area contributed by atoms with E-state index in [-0.39, 0.29) is 1.43 Å². The van der Waals surface area contributed by atoms with Crippen molar-refractivity contribution in [3.05, 3.63) is 0 Å². The third-order valence-electron chi connectivity index (χ3n) is 0. The van der Waals surface area contributed by atoms with Gasteiger partial charge in [-0.3, -0.25) is 0 Å². The molecule has 26 valence electrons. The Hall–Kier alpha value is 1.24. The van der Waals surface area contributed by atoms with Gasteiger partial charge in [0.05, 0.1) is 0 Å². The highest BCUT2D eigenvalue weighted by atomic mass is 127. The number of rotatable bonds is 0. The summed E-state index contributed by atoms with van der Waals surface area (Å²) in [7, 11) is 0. The first-order valence-corrected chi connectivity index (χ1v) is 8.09. The number of hydrogen-bond acceptors (Lipinski definition) is 0. The molecule has 0 heterocycles. The minimum Gasteiger partial charge on any atom is -0.158 e.